The van der Waals surface area contributed by atoms with Crippen molar-refractivity contribution >= 4 is 15.9 Å². The molecule has 0 aliphatic heterocycles. The lowest BCUT2D eigenvalue weighted by Crippen LogP contribution is -2.26. The van der Waals surface area contributed by atoms with Gasteiger partial charge in [0.15, 0.2) is 5.69 Å². The number of rotatable bonds is 7. The number of benzene rings is 2. The van der Waals surface area contributed by atoms with E-state index in [0.717, 1.165) is 18.4 Å². The number of nitrogens with zero attached hydrogens (tertiary/aromatic N) is 2. The molecule has 29 heavy (non-hydrogen) atoms. The lowest BCUT2D eigenvalue weighted by atomic mass is 10.2. The van der Waals surface area contributed by atoms with Crippen LogP contribution in [-0.2, 0) is 16.6 Å². The fourth-order valence-corrected chi connectivity index (χ4v) is 4.07. The molecule has 0 bridgehead atoms. The minimum Gasteiger partial charge on any atom is -0.347 e. The van der Waals surface area contributed by atoms with Crippen molar-refractivity contribution in [3.63, 3.8) is 0 Å². The predicted molar refractivity (Wildman–Crippen MR) is 104 cm³/mol. The Hall–Kier alpha value is -3.04. The predicted octanol–water partition coefficient (Wildman–Crippen LogP) is 2.38. The van der Waals surface area contributed by atoms with Gasteiger partial charge < -0.3 is 5.32 Å². The molecule has 1 aromatic heterocycles. The quantitative estimate of drug-likeness (QED) is 0.621. The van der Waals surface area contributed by atoms with E-state index in [0.29, 0.717) is 0 Å². The molecule has 2 aromatic carbocycles. The monoisotopic (exact) mass is 414 g/mol. The van der Waals surface area contributed by atoms with Crippen LogP contribution in [0.25, 0.3) is 5.69 Å². The van der Waals surface area contributed by atoms with E-state index in [4.69, 9.17) is 0 Å². The second-order valence-corrected chi connectivity index (χ2v) is 8.53. The molecule has 0 spiro atoms. The Labute approximate surface area is 167 Å². The molecule has 1 amide bonds. The van der Waals surface area contributed by atoms with Gasteiger partial charge in [-0.2, -0.15) is 5.10 Å². The maximum Gasteiger partial charge on any atom is 0.272 e. The first-order valence-electron chi connectivity index (χ1n) is 9.12. The fraction of sp³-hybridized carbons (Fsp3) is 0.200. The fourth-order valence-electron chi connectivity index (χ4n) is 2.76. The zero-order valence-electron chi connectivity index (χ0n) is 15.4. The van der Waals surface area contributed by atoms with Gasteiger partial charge in [-0.15, -0.1) is 0 Å². The zero-order valence-corrected chi connectivity index (χ0v) is 16.2. The van der Waals surface area contributed by atoms with Crippen LogP contribution in [-0.4, -0.2) is 30.1 Å². The van der Waals surface area contributed by atoms with E-state index in [1.807, 2.05) is 0 Å². The first kappa shape index (κ1) is 19.3. The van der Waals surface area contributed by atoms with Crippen LogP contribution in [0.3, 0.4) is 0 Å². The highest BCUT2D eigenvalue weighted by atomic mass is 32.2. The molecule has 0 saturated heterocycles. The smallest absolute Gasteiger partial charge is 0.272 e. The van der Waals surface area contributed by atoms with Crippen molar-refractivity contribution in [1.82, 2.24) is 19.8 Å². The average molecular weight is 414 g/mol. The number of aromatic nitrogens is 2. The normalized spacial score (nSPS) is 14.0. The van der Waals surface area contributed by atoms with Crippen LogP contribution in [0, 0.1) is 5.82 Å². The topological polar surface area (TPSA) is 93.1 Å². The molecule has 150 valence electrons. The summed E-state index contributed by atoms with van der Waals surface area (Å²) in [5.74, 6) is -0.846. The van der Waals surface area contributed by atoms with Gasteiger partial charge in [0.05, 0.1) is 4.90 Å². The molecule has 0 radical (unpaired) electrons. The first-order valence-corrected chi connectivity index (χ1v) is 10.6. The van der Waals surface area contributed by atoms with Gasteiger partial charge in [0.2, 0.25) is 10.0 Å². The maximum atomic E-state index is 13.8. The number of nitrogens with one attached hydrogen (secondary N) is 2. The number of para-hydroxylation sites is 1. The molecule has 1 fully saturated rings. The van der Waals surface area contributed by atoms with Crippen molar-refractivity contribution in [2.45, 2.75) is 30.3 Å². The number of sulfonamides is 1. The Morgan fingerprint density at radius 1 is 1.10 bits per heavy atom. The Balaban J connectivity index is 1.38. The zero-order chi connectivity index (χ0) is 20.4. The lowest BCUT2D eigenvalue weighted by Gasteiger charge is -2.07. The third kappa shape index (κ3) is 4.52. The molecule has 3 aromatic rings. The summed E-state index contributed by atoms with van der Waals surface area (Å²) in [5.41, 5.74) is 1.15. The largest absolute Gasteiger partial charge is 0.347 e. The van der Waals surface area contributed by atoms with E-state index in [9.17, 15) is 17.6 Å². The van der Waals surface area contributed by atoms with Crippen LogP contribution >= 0.6 is 0 Å². The second-order valence-electron chi connectivity index (χ2n) is 6.82. The van der Waals surface area contributed by atoms with Crippen LogP contribution in [0.5, 0.6) is 0 Å². The maximum absolute atomic E-state index is 13.8. The van der Waals surface area contributed by atoms with Crippen LogP contribution in [0.15, 0.2) is 65.7 Å². The van der Waals surface area contributed by atoms with Crippen LogP contribution in [0.4, 0.5) is 4.39 Å². The van der Waals surface area contributed by atoms with Crippen molar-refractivity contribution in [2.24, 2.45) is 0 Å². The molecular weight excluding hydrogens is 395 g/mol. The Kier molecular flexibility index (Phi) is 5.16. The average Bonchev–Trinajstić information content (AvgIpc) is 3.37. The summed E-state index contributed by atoms with van der Waals surface area (Å²) >= 11 is 0. The van der Waals surface area contributed by atoms with Crippen LogP contribution < -0.4 is 10.0 Å². The summed E-state index contributed by atoms with van der Waals surface area (Å²) < 4.78 is 42.1. The van der Waals surface area contributed by atoms with Crippen LogP contribution in [0.1, 0.15) is 28.9 Å². The van der Waals surface area contributed by atoms with Crippen molar-refractivity contribution in [3.8, 4) is 5.69 Å². The highest BCUT2D eigenvalue weighted by Crippen LogP contribution is 2.22. The molecule has 1 aliphatic rings. The molecule has 4 rings (SSSR count). The molecule has 9 heteroatoms. The van der Waals surface area contributed by atoms with Gasteiger partial charge in [-0.1, -0.05) is 24.3 Å². The molecule has 1 heterocycles. The second kappa shape index (κ2) is 7.76. The number of hydrogen-bond donors (Lipinski definition) is 2. The van der Waals surface area contributed by atoms with Gasteiger partial charge in [0.1, 0.15) is 11.5 Å². The van der Waals surface area contributed by atoms with Crippen molar-refractivity contribution in [2.75, 3.05) is 0 Å². The van der Waals surface area contributed by atoms with E-state index in [-0.39, 0.29) is 28.9 Å². The van der Waals surface area contributed by atoms with Gasteiger partial charge in [-0.25, -0.2) is 22.2 Å². The molecule has 1 aliphatic carbocycles. The van der Waals surface area contributed by atoms with Crippen molar-refractivity contribution in [1.29, 1.82) is 0 Å². The van der Waals surface area contributed by atoms with Gasteiger partial charge in [-0.05, 0) is 48.7 Å². The van der Waals surface area contributed by atoms with E-state index < -0.39 is 21.7 Å². The van der Waals surface area contributed by atoms with Crippen molar-refractivity contribution < 1.29 is 17.6 Å². The Morgan fingerprint density at radius 3 is 2.52 bits per heavy atom. The van der Waals surface area contributed by atoms with E-state index in [1.54, 1.807) is 30.3 Å². The van der Waals surface area contributed by atoms with Crippen molar-refractivity contribution in [3.05, 3.63) is 77.9 Å². The lowest BCUT2D eigenvalue weighted by molar-refractivity contribution is 0.0945. The number of carbonyl (C=O) groups excluding carboxylic acids is 1. The molecule has 7 nitrogen and oxygen atoms in total. The molecule has 0 atom stereocenters. The van der Waals surface area contributed by atoms with E-state index in [2.05, 4.69) is 15.1 Å². The summed E-state index contributed by atoms with van der Waals surface area (Å²) in [5, 5.41) is 6.83. The first-order chi connectivity index (χ1) is 13.9. The Morgan fingerprint density at radius 2 is 1.83 bits per heavy atom. The van der Waals surface area contributed by atoms with E-state index >= 15 is 0 Å². The minimum atomic E-state index is -3.50. The van der Waals surface area contributed by atoms with E-state index in [1.165, 1.54) is 35.1 Å². The molecule has 2 N–H and O–H groups in total. The van der Waals surface area contributed by atoms with Crippen LogP contribution in [0.2, 0.25) is 0 Å². The minimum absolute atomic E-state index is 0.0446. The summed E-state index contributed by atoms with van der Waals surface area (Å²) in [6.07, 6.45) is 3.26. The van der Waals surface area contributed by atoms with Gasteiger partial charge in [-0.3, -0.25) is 4.79 Å². The third-order valence-corrected chi connectivity index (χ3v) is 6.04. The molecular formula is C20H19FN4O3S. The summed E-state index contributed by atoms with van der Waals surface area (Å²) in [4.78, 5) is 12.5. The standard InChI is InChI=1S/C20H19FN4O3S/c21-17-3-1-2-4-19(17)25-12-11-18(23-25)20(26)22-13-14-5-9-16(10-6-14)29(27,28)24-15-7-8-15/h1-6,9-12,15,24H,7-8,13H2,(H,22,26). The summed E-state index contributed by atoms with van der Waals surface area (Å²) in [6, 6.07) is 14.0. The van der Waals surface area contributed by atoms with Gasteiger partial charge in [0, 0.05) is 18.8 Å². The highest BCUT2D eigenvalue weighted by molar-refractivity contribution is 7.89. The van der Waals surface area contributed by atoms with Gasteiger partial charge >= 0.3 is 0 Å². The number of halogens is 1. The van der Waals surface area contributed by atoms with Gasteiger partial charge in [0.25, 0.3) is 5.91 Å². The number of amides is 1. The third-order valence-electron chi connectivity index (χ3n) is 4.51. The molecule has 0 unspecified atom stereocenters. The Bertz CT molecular complexity index is 1140. The number of carbonyl (C=O) groups is 1. The summed E-state index contributed by atoms with van der Waals surface area (Å²) in [7, 11) is -3.50. The highest BCUT2D eigenvalue weighted by Gasteiger charge is 2.27. The summed E-state index contributed by atoms with van der Waals surface area (Å²) in [6.45, 7) is 0.210. The SMILES string of the molecule is O=C(NCc1ccc(S(=O)(=O)NC2CC2)cc1)c1ccn(-c2ccccc2F)n1. The molecule has 1 saturated carbocycles. The number of hydrogen-bond acceptors (Lipinski definition) is 4.